The Morgan fingerprint density at radius 3 is 2.27 bits per heavy atom. The summed E-state index contributed by atoms with van der Waals surface area (Å²) in [7, 11) is 3.24. The van der Waals surface area contributed by atoms with E-state index in [0.29, 0.717) is 28.0 Å². The van der Waals surface area contributed by atoms with Crippen LogP contribution in [0.1, 0.15) is 21.7 Å². The zero-order valence-corrected chi connectivity index (χ0v) is 23.9. The fourth-order valence-corrected chi connectivity index (χ4v) is 5.06. The van der Waals surface area contributed by atoms with Gasteiger partial charge in [0.2, 0.25) is 5.75 Å². The van der Waals surface area contributed by atoms with E-state index >= 15 is 0 Å². The van der Waals surface area contributed by atoms with Crippen LogP contribution >= 0.6 is 0 Å². The summed E-state index contributed by atoms with van der Waals surface area (Å²) in [5.74, 6) is 0.0297. The number of carbonyl (C=O) groups is 2. The molecule has 2 aromatic carbocycles. The van der Waals surface area contributed by atoms with E-state index < -0.39 is 22.0 Å². The van der Waals surface area contributed by atoms with Crippen LogP contribution in [0.25, 0.3) is 17.0 Å². The molecule has 0 aliphatic heterocycles. The molecule has 0 spiro atoms. The highest BCUT2D eigenvalue weighted by Gasteiger charge is 2.23. The number of carbonyl (C=O) groups excluding carboxylic acids is 2. The maximum Gasteiger partial charge on any atom is 0.307 e. The molecule has 41 heavy (non-hydrogen) atoms. The van der Waals surface area contributed by atoms with Crippen LogP contribution in [0.15, 0.2) is 71.1 Å². The Hall–Kier alpha value is -4.75. The predicted molar refractivity (Wildman–Crippen MR) is 152 cm³/mol. The van der Waals surface area contributed by atoms with Gasteiger partial charge in [-0.3, -0.25) is 9.59 Å². The second-order valence-corrected chi connectivity index (χ2v) is 10.9. The fraction of sp³-hybridized carbons (Fsp3) is 0.214. The first-order chi connectivity index (χ1) is 19.6. The number of amides is 2. The van der Waals surface area contributed by atoms with Gasteiger partial charge in [0.25, 0.3) is 11.8 Å². The molecule has 4 rings (SSSR count). The summed E-state index contributed by atoms with van der Waals surface area (Å²) in [6.07, 6.45) is 4.29. The number of benzene rings is 2. The molecule has 0 atom stereocenters. The monoisotopic (exact) mass is 582 g/mol. The number of hydrogen-bond donors (Lipinski definition) is 2. The lowest BCUT2D eigenvalue weighted by molar-refractivity contribution is -0.118. The van der Waals surface area contributed by atoms with Crippen molar-refractivity contribution in [3.63, 3.8) is 0 Å². The maximum absolute atomic E-state index is 13.4. The SMILES string of the molecule is COc1cc(C(=O)N/C(=C\c2cn(S(=O)(=O)N(C)C)c3ccccc23)C(=O)NCc2ccco2)cc(OC)c1OC. The van der Waals surface area contributed by atoms with Crippen LogP contribution in [0.5, 0.6) is 17.2 Å². The van der Waals surface area contributed by atoms with Crippen molar-refractivity contribution in [3.05, 3.63) is 83.6 Å². The lowest BCUT2D eigenvalue weighted by atomic mass is 10.1. The van der Waals surface area contributed by atoms with Gasteiger partial charge in [0.15, 0.2) is 11.5 Å². The Morgan fingerprint density at radius 1 is 1.00 bits per heavy atom. The van der Waals surface area contributed by atoms with Gasteiger partial charge in [-0.1, -0.05) is 18.2 Å². The van der Waals surface area contributed by atoms with Crippen molar-refractivity contribution in [2.75, 3.05) is 35.4 Å². The van der Waals surface area contributed by atoms with E-state index in [-0.39, 0.29) is 29.3 Å². The van der Waals surface area contributed by atoms with Crippen molar-refractivity contribution in [2.45, 2.75) is 6.54 Å². The average Bonchev–Trinajstić information content (AvgIpc) is 3.63. The second-order valence-electron chi connectivity index (χ2n) is 8.88. The lowest BCUT2D eigenvalue weighted by Gasteiger charge is -2.15. The van der Waals surface area contributed by atoms with E-state index in [0.717, 1.165) is 8.28 Å². The number of aromatic nitrogens is 1. The molecule has 0 unspecified atom stereocenters. The fourth-order valence-electron chi connectivity index (χ4n) is 4.05. The Bertz CT molecular complexity index is 1680. The van der Waals surface area contributed by atoms with Crippen LogP contribution in [0.2, 0.25) is 0 Å². The number of ether oxygens (including phenoxy) is 3. The third-order valence-electron chi connectivity index (χ3n) is 6.14. The van der Waals surface area contributed by atoms with Crippen molar-refractivity contribution in [3.8, 4) is 17.2 Å². The molecule has 216 valence electrons. The van der Waals surface area contributed by atoms with Crippen LogP contribution in [0.4, 0.5) is 0 Å². The molecular formula is C28H30N4O8S. The van der Waals surface area contributed by atoms with Gasteiger partial charge in [-0.15, -0.1) is 0 Å². The first-order valence-electron chi connectivity index (χ1n) is 12.3. The summed E-state index contributed by atoms with van der Waals surface area (Å²) in [5.41, 5.74) is 0.778. The molecule has 2 aromatic heterocycles. The van der Waals surface area contributed by atoms with E-state index in [4.69, 9.17) is 18.6 Å². The molecule has 0 fully saturated rings. The van der Waals surface area contributed by atoms with Crippen LogP contribution in [-0.4, -0.2) is 63.9 Å². The number of furan rings is 1. The molecule has 13 heteroatoms. The summed E-state index contributed by atoms with van der Waals surface area (Å²) >= 11 is 0. The highest BCUT2D eigenvalue weighted by Crippen LogP contribution is 2.38. The molecule has 0 radical (unpaired) electrons. The molecule has 0 aliphatic carbocycles. The minimum atomic E-state index is -3.89. The highest BCUT2D eigenvalue weighted by atomic mass is 32.2. The topological polar surface area (TPSA) is 141 Å². The standard InChI is InChI=1S/C28H30N4O8S/c1-31(2)41(35,36)32-17-19(21-10-6-7-11-23(21)32)13-22(28(34)29-16-20-9-8-12-40-20)30-27(33)18-14-24(37-3)26(39-5)25(15-18)38-4/h6-15,17H,16H2,1-5H3,(H,29,34)(H,30,33)/b22-13-. The van der Waals surface area contributed by atoms with Gasteiger partial charge in [0.05, 0.1) is 39.7 Å². The number of methoxy groups -OCH3 is 3. The molecule has 2 heterocycles. The number of rotatable bonds is 11. The number of nitrogens with zero attached hydrogens (tertiary/aromatic N) is 2. The normalized spacial score (nSPS) is 11.9. The summed E-state index contributed by atoms with van der Waals surface area (Å²) in [6, 6.07) is 13.1. The van der Waals surface area contributed by atoms with Crippen LogP contribution in [0.3, 0.4) is 0 Å². The summed E-state index contributed by atoms with van der Waals surface area (Å²) < 4.78 is 49.6. The Morgan fingerprint density at radius 2 is 1.68 bits per heavy atom. The van der Waals surface area contributed by atoms with Crippen LogP contribution in [-0.2, 0) is 21.5 Å². The second kappa shape index (κ2) is 12.2. The predicted octanol–water partition coefficient (Wildman–Crippen LogP) is 3.00. The van der Waals surface area contributed by atoms with Gasteiger partial charge < -0.3 is 29.3 Å². The van der Waals surface area contributed by atoms with E-state index in [1.165, 1.54) is 66.1 Å². The van der Waals surface area contributed by atoms with Gasteiger partial charge in [0.1, 0.15) is 11.5 Å². The van der Waals surface area contributed by atoms with Crippen molar-refractivity contribution >= 4 is 39.0 Å². The minimum absolute atomic E-state index is 0.0555. The third kappa shape index (κ3) is 6.05. The minimum Gasteiger partial charge on any atom is -0.493 e. The third-order valence-corrected chi connectivity index (χ3v) is 7.86. The Balaban J connectivity index is 1.79. The summed E-state index contributed by atoms with van der Waals surface area (Å²) in [5, 5.41) is 5.91. The largest absolute Gasteiger partial charge is 0.493 e. The molecule has 2 N–H and O–H groups in total. The number of nitrogens with one attached hydrogen (secondary N) is 2. The van der Waals surface area contributed by atoms with Gasteiger partial charge in [-0.25, -0.2) is 3.97 Å². The number of hydrogen-bond acceptors (Lipinski definition) is 8. The van der Waals surface area contributed by atoms with Crippen molar-refractivity contribution in [1.82, 2.24) is 18.9 Å². The summed E-state index contributed by atoms with van der Waals surface area (Å²) in [4.78, 5) is 26.8. The molecular weight excluding hydrogens is 552 g/mol. The molecule has 12 nitrogen and oxygen atoms in total. The van der Waals surface area contributed by atoms with Crippen molar-refractivity contribution < 1.29 is 36.6 Å². The first-order valence-corrected chi connectivity index (χ1v) is 13.7. The zero-order valence-electron chi connectivity index (χ0n) is 23.1. The Kier molecular flexibility index (Phi) is 8.69. The van der Waals surface area contributed by atoms with Crippen molar-refractivity contribution in [1.29, 1.82) is 0 Å². The van der Waals surface area contributed by atoms with E-state index in [1.54, 1.807) is 36.4 Å². The molecule has 4 aromatic rings. The first kappa shape index (κ1) is 29.2. The van der Waals surface area contributed by atoms with Crippen LogP contribution < -0.4 is 24.8 Å². The van der Waals surface area contributed by atoms with Crippen molar-refractivity contribution in [2.24, 2.45) is 0 Å². The summed E-state index contributed by atoms with van der Waals surface area (Å²) in [6.45, 7) is 0.0555. The van der Waals surface area contributed by atoms with Gasteiger partial charge >= 0.3 is 10.2 Å². The maximum atomic E-state index is 13.4. The number of fused-ring (bicyclic) bond motifs is 1. The van der Waals surface area contributed by atoms with Gasteiger partial charge in [-0.2, -0.15) is 12.7 Å². The number of para-hydroxylation sites is 1. The van der Waals surface area contributed by atoms with E-state index in [1.807, 2.05) is 0 Å². The van der Waals surface area contributed by atoms with E-state index in [9.17, 15) is 18.0 Å². The Labute approximate surface area is 237 Å². The lowest BCUT2D eigenvalue weighted by Crippen LogP contribution is -2.34. The molecule has 0 saturated heterocycles. The zero-order chi connectivity index (χ0) is 29.7. The highest BCUT2D eigenvalue weighted by molar-refractivity contribution is 7.87. The van der Waals surface area contributed by atoms with E-state index in [2.05, 4.69) is 10.6 Å². The quantitative estimate of drug-likeness (QED) is 0.257. The van der Waals surface area contributed by atoms with Crippen LogP contribution in [0, 0.1) is 0 Å². The van der Waals surface area contributed by atoms with Gasteiger partial charge in [-0.05, 0) is 36.4 Å². The van der Waals surface area contributed by atoms with Gasteiger partial charge in [0, 0.05) is 36.8 Å². The molecule has 0 aliphatic rings. The smallest absolute Gasteiger partial charge is 0.307 e. The average molecular weight is 583 g/mol. The molecule has 2 amide bonds. The molecule has 0 saturated carbocycles. The molecule has 0 bridgehead atoms.